The molecule has 1 aromatic carbocycles. The Morgan fingerprint density at radius 3 is 2.20 bits per heavy atom. The number of hydrogen-bond acceptors (Lipinski definition) is 6. The Labute approximate surface area is 211 Å². The molecule has 2 aromatic rings. The summed E-state index contributed by atoms with van der Waals surface area (Å²) < 4.78 is 6.02. The fourth-order valence-corrected chi connectivity index (χ4v) is 9.02. The molecule has 3 heterocycles. The van der Waals surface area contributed by atoms with Crippen LogP contribution in [0, 0.1) is 35.5 Å². The molecule has 0 N–H and O–H groups in total. The van der Waals surface area contributed by atoms with Gasteiger partial charge in [-0.05, 0) is 79.4 Å². The van der Waals surface area contributed by atoms with Gasteiger partial charge in [0.25, 0.3) is 0 Å². The fraction of sp³-hybridized carbons (Fsp3) is 0.679. The summed E-state index contributed by atoms with van der Waals surface area (Å²) in [6.45, 7) is 5.93. The molecule has 5 aliphatic rings. The third kappa shape index (κ3) is 3.72. The summed E-state index contributed by atoms with van der Waals surface area (Å²) in [6.07, 6.45) is 8.35. The predicted molar refractivity (Wildman–Crippen MR) is 138 cm³/mol. The van der Waals surface area contributed by atoms with Gasteiger partial charge in [0.05, 0.1) is 16.5 Å². The van der Waals surface area contributed by atoms with Gasteiger partial charge in [0.15, 0.2) is 0 Å². The fourth-order valence-electron chi connectivity index (χ4n) is 8.22. The van der Waals surface area contributed by atoms with Crippen LogP contribution >= 0.6 is 11.5 Å². The van der Waals surface area contributed by atoms with Gasteiger partial charge in [-0.25, -0.2) is 0 Å². The van der Waals surface area contributed by atoms with Crippen molar-refractivity contribution in [3.8, 4) is 0 Å². The Balaban J connectivity index is 0.986. The Bertz CT molecular complexity index is 1100. The number of aromatic nitrogens is 1. The zero-order valence-electron chi connectivity index (χ0n) is 20.5. The molecule has 7 heteroatoms. The number of piperazine rings is 1. The Morgan fingerprint density at radius 2 is 1.49 bits per heavy atom. The lowest BCUT2D eigenvalue weighted by Crippen LogP contribution is -2.49. The molecular weight excluding hydrogens is 456 g/mol. The van der Waals surface area contributed by atoms with Crippen LogP contribution < -0.4 is 4.90 Å². The Morgan fingerprint density at radius 1 is 0.829 bits per heavy atom. The van der Waals surface area contributed by atoms with Gasteiger partial charge >= 0.3 is 0 Å². The summed E-state index contributed by atoms with van der Waals surface area (Å²) in [5.74, 6) is 3.59. The van der Waals surface area contributed by atoms with Gasteiger partial charge in [0, 0.05) is 44.7 Å². The second-order valence-corrected chi connectivity index (χ2v) is 12.6. The largest absolute Gasteiger partial charge is 0.353 e. The minimum absolute atomic E-state index is 0.0261. The van der Waals surface area contributed by atoms with Crippen LogP contribution in [0.3, 0.4) is 0 Å². The molecule has 7 rings (SSSR count). The van der Waals surface area contributed by atoms with Crippen LogP contribution in [0.1, 0.15) is 44.9 Å². The molecule has 6 atom stereocenters. The Hall–Kier alpha value is -1.99. The van der Waals surface area contributed by atoms with Gasteiger partial charge in [-0.1, -0.05) is 25.0 Å². The highest BCUT2D eigenvalue weighted by molar-refractivity contribution is 7.13. The molecular formula is C28H36N4O2S. The number of fused-ring (bicyclic) bond motifs is 6. The summed E-state index contributed by atoms with van der Waals surface area (Å²) in [5.41, 5.74) is 0. The van der Waals surface area contributed by atoms with E-state index in [0.29, 0.717) is 30.2 Å². The number of hydrogen-bond donors (Lipinski definition) is 0. The van der Waals surface area contributed by atoms with E-state index in [1.165, 1.54) is 29.3 Å². The second kappa shape index (κ2) is 8.84. The topological polar surface area (TPSA) is 56.8 Å². The lowest BCUT2D eigenvalue weighted by Gasteiger charge is -2.40. The van der Waals surface area contributed by atoms with E-state index >= 15 is 0 Å². The van der Waals surface area contributed by atoms with Crippen molar-refractivity contribution in [2.75, 3.05) is 44.2 Å². The quantitative estimate of drug-likeness (QED) is 0.584. The number of imide groups is 1. The van der Waals surface area contributed by atoms with Crippen LogP contribution in [0.25, 0.3) is 10.1 Å². The molecule has 2 bridgehead atoms. The maximum atomic E-state index is 13.3. The van der Waals surface area contributed by atoms with Crippen molar-refractivity contribution in [1.82, 2.24) is 14.2 Å². The van der Waals surface area contributed by atoms with Crippen molar-refractivity contribution in [3.63, 3.8) is 0 Å². The van der Waals surface area contributed by atoms with Crippen LogP contribution in [0.15, 0.2) is 24.3 Å². The van der Waals surface area contributed by atoms with Gasteiger partial charge < -0.3 is 4.90 Å². The number of carbonyl (C=O) groups excluding carboxylic acids is 2. The van der Waals surface area contributed by atoms with Crippen LogP contribution in [0.5, 0.6) is 0 Å². The molecule has 2 aliphatic heterocycles. The average molecular weight is 493 g/mol. The first-order chi connectivity index (χ1) is 17.2. The lowest BCUT2D eigenvalue weighted by molar-refractivity contribution is -0.142. The van der Waals surface area contributed by atoms with Gasteiger partial charge in [-0.3, -0.25) is 19.4 Å². The standard InChI is InChI=1S/C28H36N4O2S/c33-27-24-18-9-10-19(15-18)25(24)28(34)32(27)17-21-6-2-1-5-20(21)16-30-11-13-31(14-12-30)26-22-7-3-4-8-23(22)35-29-26/h3-4,7-8,18-21,24-25H,1-2,5-6,9-17H2/t18-,19+,20?,21?,24+,25-. The van der Waals surface area contributed by atoms with Gasteiger partial charge in [0.2, 0.25) is 11.8 Å². The molecule has 2 unspecified atom stereocenters. The zero-order chi connectivity index (χ0) is 23.5. The van der Waals surface area contributed by atoms with Gasteiger partial charge in [-0.2, -0.15) is 4.37 Å². The van der Waals surface area contributed by atoms with E-state index in [1.807, 2.05) is 0 Å². The van der Waals surface area contributed by atoms with Crippen molar-refractivity contribution in [2.45, 2.75) is 44.9 Å². The minimum Gasteiger partial charge on any atom is -0.353 e. The van der Waals surface area contributed by atoms with Gasteiger partial charge in [-0.15, -0.1) is 0 Å². The number of nitrogens with zero attached hydrogens (tertiary/aromatic N) is 4. The number of amides is 2. The van der Waals surface area contributed by atoms with E-state index in [0.717, 1.165) is 64.2 Å². The third-order valence-electron chi connectivity index (χ3n) is 10.0. The van der Waals surface area contributed by atoms with Gasteiger partial charge in [0.1, 0.15) is 5.82 Å². The molecule has 6 nitrogen and oxygen atoms in total. The van der Waals surface area contributed by atoms with Crippen LogP contribution in [0.2, 0.25) is 0 Å². The summed E-state index contributed by atoms with van der Waals surface area (Å²) in [6, 6.07) is 8.54. The highest BCUT2D eigenvalue weighted by atomic mass is 32.1. The summed E-state index contributed by atoms with van der Waals surface area (Å²) in [4.78, 5) is 33.4. The first-order valence-corrected chi connectivity index (χ1v) is 14.6. The molecule has 35 heavy (non-hydrogen) atoms. The molecule has 2 saturated heterocycles. The highest BCUT2D eigenvalue weighted by Crippen LogP contribution is 2.56. The third-order valence-corrected chi connectivity index (χ3v) is 10.8. The van der Waals surface area contributed by atoms with Crippen LogP contribution in [0.4, 0.5) is 5.82 Å². The van der Waals surface area contributed by atoms with E-state index in [2.05, 4.69) is 34.1 Å². The van der Waals surface area contributed by atoms with E-state index in [4.69, 9.17) is 4.37 Å². The highest BCUT2D eigenvalue weighted by Gasteiger charge is 2.61. The summed E-state index contributed by atoms with van der Waals surface area (Å²) in [7, 11) is 0. The minimum atomic E-state index is 0.0261. The maximum Gasteiger partial charge on any atom is 0.233 e. The molecule has 3 aliphatic carbocycles. The van der Waals surface area contributed by atoms with Crippen molar-refractivity contribution < 1.29 is 9.59 Å². The number of carbonyl (C=O) groups is 2. The monoisotopic (exact) mass is 492 g/mol. The SMILES string of the molecule is O=C1[C@@H]2[C@H]3CC[C@H](C3)[C@@H]2C(=O)N1CC1CCCCC1CN1CCN(c2nsc3ccccc23)CC1. The van der Waals surface area contributed by atoms with Crippen molar-refractivity contribution >= 4 is 39.3 Å². The van der Waals surface area contributed by atoms with Crippen LogP contribution in [-0.2, 0) is 9.59 Å². The number of rotatable bonds is 5. The van der Waals surface area contributed by atoms with Crippen molar-refractivity contribution in [2.24, 2.45) is 35.5 Å². The molecule has 5 fully saturated rings. The molecule has 1 aromatic heterocycles. The molecule has 0 radical (unpaired) electrons. The lowest BCUT2D eigenvalue weighted by atomic mass is 9.78. The first-order valence-electron chi connectivity index (χ1n) is 13.8. The second-order valence-electron chi connectivity index (χ2n) is 11.8. The first kappa shape index (κ1) is 22.2. The molecule has 0 spiro atoms. The molecule has 2 amide bonds. The van der Waals surface area contributed by atoms with Crippen molar-refractivity contribution in [3.05, 3.63) is 24.3 Å². The van der Waals surface area contributed by atoms with E-state index in [9.17, 15) is 9.59 Å². The maximum absolute atomic E-state index is 13.3. The predicted octanol–water partition coefficient (Wildman–Crippen LogP) is 4.26. The molecule has 186 valence electrons. The van der Waals surface area contributed by atoms with E-state index < -0.39 is 0 Å². The number of likely N-dealkylation sites (tertiary alicyclic amines) is 1. The number of benzene rings is 1. The van der Waals surface area contributed by atoms with Crippen LogP contribution in [-0.4, -0.2) is 65.3 Å². The van der Waals surface area contributed by atoms with Crippen molar-refractivity contribution in [1.29, 1.82) is 0 Å². The van der Waals surface area contributed by atoms with E-state index in [-0.39, 0.29) is 23.7 Å². The molecule has 3 saturated carbocycles. The normalized spacial score (nSPS) is 35.4. The number of anilines is 1. The van der Waals surface area contributed by atoms with E-state index in [1.54, 1.807) is 16.4 Å². The Kier molecular flexibility index (Phi) is 5.61. The zero-order valence-corrected chi connectivity index (χ0v) is 21.3. The average Bonchev–Trinajstić information content (AvgIpc) is 3.66. The smallest absolute Gasteiger partial charge is 0.233 e. The summed E-state index contributed by atoms with van der Waals surface area (Å²) >= 11 is 1.60. The summed E-state index contributed by atoms with van der Waals surface area (Å²) in [5, 5.41) is 1.27.